The van der Waals surface area contributed by atoms with E-state index in [4.69, 9.17) is 0 Å². The SMILES string of the molecule is CN(Cc1ccc(Br)s1)C(=O)CCCc1nc2ccccc2c(=O)[nH]1. The van der Waals surface area contributed by atoms with Gasteiger partial charge in [0.2, 0.25) is 5.91 Å². The average Bonchev–Trinajstić information content (AvgIpc) is 2.99. The summed E-state index contributed by atoms with van der Waals surface area (Å²) in [5, 5.41) is 0.587. The Hall–Kier alpha value is -1.99. The third-order valence-electron chi connectivity index (χ3n) is 3.91. The summed E-state index contributed by atoms with van der Waals surface area (Å²) in [5.41, 5.74) is 0.556. The van der Waals surface area contributed by atoms with Crippen LogP contribution in [0.1, 0.15) is 23.5 Å². The molecular formula is C18H18BrN3O2S. The lowest BCUT2D eigenvalue weighted by atomic mass is 10.2. The maximum Gasteiger partial charge on any atom is 0.258 e. The lowest BCUT2D eigenvalue weighted by Crippen LogP contribution is -2.25. The monoisotopic (exact) mass is 419 g/mol. The van der Waals surface area contributed by atoms with Gasteiger partial charge in [0.25, 0.3) is 5.56 Å². The molecule has 0 bridgehead atoms. The predicted octanol–water partition coefficient (Wildman–Crippen LogP) is 3.73. The number of nitrogens with zero attached hydrogens (tertiary/aromatic N) is 2. The second-order valence-corrected chi connectivity index (χ2v) is 8.39. The van der Waals surface area contributed by atoms with Gasteiger partial charge in [0, 0.05) is 24.8 Å². The van der Waals surface area contributed by atoms with Crippen LogP contribution in [0.3, 0.4) is 0 Å². The molecule has 0 aliphatic rings. The zero-order valence-electron chi connectivity index (χ0n) is 13.8. The van der Waals surface area contributed by atoms with Crippen LogP contribution in [0, 0.1) is 0 Å². The van der Waals surface area contributed by atoms with Gasteiger partial charge in [-0.05, 0) is 46.6 Å². The highest BCUT2D eigenvalue weighted by Crippen LogP contribution is 2.23. The number of fused-ring (bicyclic) bond motifs is 1. The summed E-state index contributed by atoms with van der Waals surface area (Å²) in [6.07, 6.45) is 1.66. The normalized spacial score (nSPS) is 11.0. The summed E-state index contributed by atoms with van der Waals surface area (Å²) in [6.45, 7) is 0.611. The van der Waals surface area contributed by atoms with Crippen LogP contribution in [0.5, 0.6) is 0 Å². The minimum absolute atomic E-state index is 0.0904. The van der Waals surface area contributed by atoms with Crippen molar-refractivity contribution in [2.24, 2.45) is 0 Å². The van der Waals surface area contributed by atoms with Crippen LogP contribution in [0.4, 0.5) is 0 Å². The van der Waals surface area contributed by atoms with Crippen LogP contribution in [0.2, 0.25) is 0 Å². The zero-order valence-corrected chi connectivity index (χ0v) is 16.2. The molecule has 0 radical (unpaired) electrons. The van der Waals surface area contributed by atoms with E-state index in [1.165, 1.54) is 0 Å². The molecule has 5 nitrogen and oxygen atoms in total. The van der Waals surface area contributed by atoms with Gasteiger partial charge in [0.15, 0.2) is 0 Å². The number of nitrogens with one attached hydrogen (secondary N) is 1. The van der Waals surface area contributed by atoms with Crippen LogP contribution in [-0.4, -0.2) is 27.8 Å². The molecule has 7 heteroatoms. The molecule has 130 valence electrons. The molecule has 0 atom stereocenters. The number of thiophene rings is 1. The van der Waals surface area contributed by atoms with Crippen LogP contribution in [0.25, 0.3) is 10.9 Å². The third kappa shape index (κ3) is 4.55. The molecule has 3 aromatic rings. The fraction of sp³-hybridized carbons (Fsp3) is 0.278. The standard InChI is InChI=1S/C18H18BrN3O2S/c1-22(11-12-9-10-15(19)25-12)17(23)8-4-7-16-20-14-6-3-2-5-13(14)18(24)21-16/h2-3,5-6,9-10H,4,7-8,11H2,1H3,(H,20,21,24). The zero-order chi connectivity index (χ0) is 17.8. The predicted molar refractivity (Wildman–Crippen MR) is 104 cm³/mol. The van der Waals surface area contributed by atoms with Crippen LogP contribution < -0.4 is 5.56 Å². The van der Waals surface area contributed by atoms with Crippen molar-refractivity contribution in [3.05, 3.63) is 61.2 Å². The van der Waals surface area contributed by atoms with E-state index in [1.807, 2.05) is 37.4 Å². The summed E-state index contributed by atoms with van der Waals surface area (Å²) < 4.78 is 1.06. The van der Waals surface area contributed by atoms with Crippen molar-refractivity contribution >= 4 is 44.1 Å². The van der Waals surface area contributed by atoms with E-state index in [0.717, 1.165) is 8.66 Å². The van der Waals surface area contributed by atoms with E-state index >= 15 is 0 Å². The first-order valence-electron chi connectivity index (χ1n) is 7.99. The highest BCUT2D eigenvalue weighted by Gasteiger charge is 2.11. The Labute approximate surface area is 157 Å². The second-order valence-electron chi connectivity index (χ2n) is 5.84. The Bertz CT molecular complexity index is 951. The van der Waals surface area contributed by atoms with Crippen LogP contribution >= 0.6 is 27.3 Å². The quantitative estimate of drug-likeness (QED) is 0.661. The Balaban J connectivity index is 1.55. The number of amides is 1. The number of hydrogen-bond acceptors (Lipinski definition) is 4. The molecule has 2 heterocycles. The molecule has 0 aliphatic carbocycles. The van der Waals surface area contributed by atoms with Gasteiger partial charge >= 0.3 is 0 Å². The fourth-order valence-electron chi connectivity index (χ4n) is 2.61. The van der Waals surface area contributed by atoms with Crippen molar-refractivity contribution in [3.8, 4) is 0 Å². The van der Waals surface area contributed by atoms with Crippen molar-refractivity contribution in [2.75, 3.05) is 7.05 Å². The van der Waals surface area contributed by atoms with E-state index < -0.39 is 0 Å². The number of carbonyl (C=O) groups is 1. The van der Waals surface area contributed by atoms with Gasteiger partial charge in [-0.25, -0.2) is 4.98 Å². The average molecular weight is 420 g/mol. The number of aromatic nitrogens is 2. The van der Waals surface area contributed by atoms with E-state index in [1.54, 1.807) is 22.3 Å². The van der Waals surface area contributed by atoms with E-state index in [2.05, 4.69) is 25.9 Å². The first-order valence-corrected chi connectivity index (χ1v) is 9.60. The Morgan fingerprint density at radius 1 is 1.28 bits per heavy atom. The highest BCUT2D eigenvalue weighted by atomic mass is 79.9. The molecule has 0 unspecified atom stereocenters. The second kappa shape index (κ2) is 7.93. The van der Waals surface area contributed by atoms with Gasteiger partial charge in [-0.3, -0.25) is 9.59 Å². The number of hydrogen-bond donors (Lipinski definition) is 1. The molecule has 1 amide bonds. The Morgan fingerprint density at radius 3 is 2.84 bits per heavy atom. The van der Waals surface area contributed by atoms with Crippen molar-refractivity contribution in [2.45, 2.75) is 25.8 Å². The summed E-state index contributed by atoms with van der Waals surface area (Å²) >= 11 is 5.06. The number of aryl methyl sites for hydroxylation is 1. The van der Waals surface area contributed by atoms with Gasteiger partial charge in [-0.15, -0.1) is 11.3 Å². The number of para-hydroxylation sites is 1. The largest absolute Gasteiger partial charge is 0.341 e. The topological polar surface area (TPSA) is 66.1 Å². The highest BCUT2D eigenvalue weighted by molar-refractivity contribution is 9.11. The smallest absolute Gasteiger partial charge is 0.258 e. The molecule has 2 aromatic heterocycles. The van der Waals surface area contributed by atoms with Gasteiger partial charge in [0.1, 0.15) is 5.82 Å². The number of carbonyl (C=O) groups excluding carboxylic acids is 1. The van der Waals surface area contributed by atoms with Gasteiger partial charge < -0.3 is 9.88 Å². The number of H-pyrrole nitrogens is 1. The minimum atomic E-state index is -0.132. The molecule has 25 heavy (non-hydrogen) atoms. The number of rotatable bonds is 6. The summed E-state index contributed by atoms with van der Waals surface area (Å²) in [5.74, 6) is 0.717. The maximum absolute atomic E-state index is 12.3. The first kappa shape index (κ1) is 17.8. The van der Waals surface area contributed by atoms with Crippen molar-refractivity contribution in [3.63, 3.8) is 0 Å². The molecule has 0 saturated carbocycles. The van der Waals surface area contributed by atoms with Gasteiger partial charge in [-0.2, -0.15) is 0 Å². The summed E-state index contributed by atoms with van der Waals surface area (Å²) in [6, 6.07) is 11.3. The van der Waals surface area contributed by atoms with E-state index in [0.29, 0.717) is 42.5 Å². The van der Waals surface area contributed by atoms with E-state index in [-0.39, 0.29) is 11.5 Å². The van der Waals surface area contributed by atoms with Crippen molar-refractivity contribution < 1.29 is 4.79 Å². The van der Waals surface area contributed by atoms with Crippen molar-refractivity contribution in [1.29, 1.82) is 0 Å². The Kier molecular flexibility index (Phi) is 5.65. The molecule has 0 aliphatic heterocycles. The van der Waals surface area contributed by atoms with E-state index in [9.17, 15) is 9.59 Å². The Morgan fingerprint density at radius 2 is 2.08 bits per heavy atom. The molecule has 0 saturated heterocycles. The summed E-state index contributed by atoms with van der Waals surface area (Å²) in [4.78, 5) is 34.4. The molecule has 3 rings (SSSR count). The number of benzene rings is 1. The molecule has 0 fully saturated rings. The first-order chi connectivity index (χ1) is 12.0. The molecule has 1 aromatic carbocycles. The lowest BCUT2D eigenvalue weighted by Gasteiger charge is -2.16. The van der Waals surface area contributed by atoms with Gasteiger partial charge in [0.05, 0.1) is 21.2 Å². The third-order valence-corrected chi connectivity index (χ3v) is 5.52. The molecular weight excluding hydrogens is 402 g/mol. The minimum Gasteiger partial charge on any atom is -0.341 e. The summed E-state index contributed by atoms with van der Waals surface area (Å²) in [7, 11) is 1.81. The lowest BCUT2D eigenvalue weighted by molar-refractivity contribution is -0.130. The van der Waals surface area contributed by atoms with Crippen LogP contribution in [0.15, 0.2) is 45.0 Å². The maximum atomic E-state index is 12.3. The molecule has 0 spiro atoms. The van der Waals surface area contributed by atoms with Crippen LogP contribution in [-0.2, 0) is 17.8 Å². The molecule has 1 N–H and O–H groups in total. The fourth-order valence-corrected chi connectivity index (χ4v) is 4.15. The number of halogens is 1. The van der Waals surface area contributed by atoms with Crippen molar-refractivity contribution in [1.82, 2.24) is 14.9 Å². The van der Waals surface area contributed by atoms with Gasteiger partial charge in [-0.1, -0.05) is 12.1 Å². The number of aromatic amines is 1.